The van der Waals surface area contributed by atoms with Gasteiger partial charge in [-0.25, -0.2) is 8.42 Å². The highest BCUT2D eigenvalue weighted by Gasteiger charge is 2.18. The Morgan fingerprint density at radius 3 is 2.61 bits per heavy atom. The number of ether oxygens (including phenoxy) is 1. The van der Waals surface area contributed by atoms with Gasteiger partial charge < -0.3 is 10.1 Å². The Morgan fingerprint density at radius 1 is 1.19 bits per heavy atom. The van der Waals surface area contributed by atoms with Crippen LogP contribution < -0.4 is 14.8 Å². The van der Waals surface area contributed by atoms with E-state index in [-0.39, 0.29) is 28.2 Å². The van der Waals surface area contributed by atoms with Crippen LogP contribution in [0.15, 0.2) is 53.4 Å². The van der Waals surface area contributed by atoms with Crippen molar-refractivity contribution in [3.8, 4) is 5.75 Å². The Balaban J connectivity index is 1.56. The van der Waals surface area contributed by atoms with E-state index < -0.39 is 14.9 Å². The lowest BCUT2D eigenvalue weighted by Gasteiger charge is -2.05. The summed E-state index contributed by atoms with van der Waals surface area (Å²) in [6.07, 6.45) is 0.354. The third kappa shape index (κ3) is 5.73. The number of anilines is 1. The quantitative estimate of drug-likeness (QED) is 0.362. The molecule has 3 aromatic rings. The van der Waals surface area contributed by atoms with Crippen LogP contribution in [0.4, 0.5) is 10.8 Å². The van der Waals surface area contributed by atoms with E-state index in [0.717, 1.165) is 35.6 Å². The molecule has 11 nitrogen and oxygen atoms in total. The van der Waals surface area contributed by atoms with Crippen molar-refractivity contribution >= 4 is 38.1 Å². The third-order valence-electron chi connectivity index (χ3n) is 4.00. The fraction of sp³-hybridized carbons (Fsp3) is 0.167. The van der Waals surface area contributed by atoms with Gasteiger partial charge in [-0.15, -0.1) is 10.2 Å². The average molecular weight is 463 g/mol. The molecule has 1 heterocycles. The molecule has 162 valence electrons. The molecule has 1 aromatic heterocycles. The number of hydrogen-bond acceptors (Lipinski definition) is 9. The molecule has 0 aliphatic rings. The van der Waals surface area contributed by atoms with Gasteiger partial charge in [0.15, 0.2) is 0 Å². The SMILES string of the molecule is COc1cccc(C(=O)NCCc2nnc(NS(=O)(=O)c3ccc([N+](=O)[O-])cc3)s2)c1. The monoisotopic (exact) mass is 463 g/mol. The Morgan fingerprint density at radius 2 is 1.94 bits per heavy atom. The zero-order chi connectivity index (χ0) is 22.4. The Hall–Kier alpha value is -3.58. The van der Waals surface area contributed by atoms with Gasteiger partial charge in [0.1, 0.15) is 10.8 Å². The summed E-state index contributed by atoms with van der Waals surface area (Å²) < 4.78 is 32.2. The second-order valence-corrected chi connectivity index (χ2v) is 8.84. The number of non-ortho nitro benzene ring substituents is 1. The number of sulfonamides is 1. The van der Waals surface area contributed by atoms with Gasteiger partial charge in [-0.05, 0) is 30.3 Å². The number of carbonyl (C=O) groups excluding carboxylic acids is 1. The molecular weight excluding hydrogens is 446 g/mol. The van der Waals surface area contributed by atoms with Crippen molar-refractivity contribution in [2.75, 3.05) is 18.4 Å². The van der Waals surface area contributed by atoms with Crippen LogP contribution >= 0.6 is 11.3 Å². The maximum absolute atomic E-state index is 12.4. The molecule has 0 atom stereocenters. The number of aromatic nitrogens is 2. The number of carbonyl (C=O) groups is 1. The summed E-state index contributed by atoms with van der Waals surface area (Å²) in [6.45, 7) is 0.278. The van der Waals surface area contributed by atoms with Crippen LogP contribution in [0.3, 0.4) is 0 Å². The van der Waals surface area contributed by atoms with Gasteiger partial charge in [-0.2, -0.15) is 0 Å². The van der Waals surface area contributed by atoms with Crippen molar-refractivity contribution in [3.05, 3.63) is 69.2 Å². The summed E-state index contributed by atoms with van der Waals surface area (Å²) >= 11 is 1.02. The lowest BCUT2D eigenvalue weighted by atomic mass is 10.2. The van der Waals surface area contributed by atoms with E-state index >= 15 is 0 Å². The maximum atomic E-state index is 12.4. The Labute approximate surface area is 181 Å². The lowest BCUT2D eigenvalue weighted by molar-refractivity contribution is -0.384. The van der Waals surface area contributed by atoms with Gasteiger partial charge in [0.05, 0.1) is 16.9 Å². The predicted octanol–water partition coefficient (Wildman–Crippen LogP) is 2.23. The molecule has 0 bridgehead atoms. The zero-order valence-corrected chi connectivity index (χ0v) is 17.8. The molecule has 0 aliphatic carbocycles. The minimum atomic E-state index is -3.97. The maximum Gasteiger partial charge on any atom is 0.269 e. The van der Waals surface area contributed by atoms with Crippen molar-refractivity contribution in [1.29, 1.82) is 0 Å². The largest absolute Gasteiger partial charge is 0.497 e. The molecular formula is C18H17N5O6S2. The van der Waals surface area contributed by atoms with Crippen LogP contribution in [0.25, 0.3) is 0 Å². The van der Waals surface area contributed by atoms with E-state index in [0.29, 0.717) is 22.7 Å². The number of hydrogen-bond donors (Lipinski definition) is 2. The molecule has 0 saturated carbocycles. The van der Waals surface area contributed by atoms with Gasteiger partial charge in [-0.3, -0.25) is 19.6 Å². The summed E-state index contributed by atoms with van der Waals surface area (Å²) in [6, 6.07) is 11.2. The van der Waals surface area contributed by atoms with E-state index in [1.165, 1.54) is 7.11 Å². The summed E-state index contributed by atoms with van der Waals surface area (Å²) in [5.74, 6) is 0.296. The fourth-order valence-electron chi connectivity index (χ4n) is 2.47. The smallest absolute Gasteiger partial charge is 0.269 e. The first kappa shape index (κ1) is 22.1. The summed E-state index contributed by atoms with van der Waals surface area (Å²) in [5, 5.41) is 21.7. The first-order valence-electron chi connectivity index (χ1n) is 8.80. The normalized spacial score (nSPS) is 11.0. The first-order valence-corrected chi connectivity index (χ1v) is 11.1. The number of rotatable bonds is 9. The van der Waals surface area contributed by atoms with Crippen LogP contribution in [0, 0.1) is 10.1 Å². The minimum absolute atomic E-state index is 0.0486. The highest BCUT2D eigenvalue weighted by atomic mass is 32.2. The Bertz CT molecular complexity index is 1190. The Kier molecular flexibility index (Phi) is 6.77. The molecule has 0 spiro atoms. The van der Waals surface area contributed by atoms with Gasteiger partial charge in [0, 0.05) is 30.7 Å². The average Bonchev–Trinajstić information content (AvgIpc) is 3.20. The van der Waals surface area contributed by atoms with Crippen LogP contribution in [-0.4, -0.2) is 43.1 Å². The highest BCUT2D eigenvalue weighted by molar-refractivity contribution is 7.93. The number of amides is 1. The standard InChI is InChI=1S/C18H17N5O6S2/c1-29-14-4-2-3-12(11-14)17(24)19-10-9-16-20-21-18(30-16)22-31(27,28)15-7-5-13(6-8-15)23(25)26/h2-8,11H,9-10H2,1H3,(H,19,24)(H,21,22). The zero-order valence-electron chi connectivity index (χ0n) is 16.1. The van der Waals surface area contributed by atoms with Crippen LogP contribution in [0.5, 0.6) is 5.75 Å². The minimum Gasteiger partial charge on any atom is -0.497 e. The van der Waals surface area contributed by atoms with Crippen molar-refractivity contribution in [1.82, 2.24) is 15.5 Å². The van der Waals surface area contributed by atoms with Crippen LogP contribution in [0.1, 0.15) is 15.4 Å². The van der Waals surface area contributed by atoms with E-state index in [1.54, 1.807) is 24.3 Å². The van der Waals surface area contributed by atoms with E-state index in [2.05, 4.69) is 20.2 Å². The van der Waals surface area contributed by atoms with Gasteiger partial charge in [0.2, 0.25) is 5.13 Å². The third-order valence-corrected chi connectivity index (χ3v) is 6.39. The molecule has 1 amide bonds. The number of nitro benzene ring substituents is 1. The number of methoxy groups -OCH3 is 1. The molecule has 0 unspecified atom stereocenters. The van der Waals surface area contributed by atoms with Gasteiger partial charge >= 0.3 is 0 Å². The summed E-state index contributed by atoms with van der Waals surface area (Å²) in [5.41, 5.74) is 0.237. The van der Waals surface area contributed by atoms with Gasteiger partial charge in [-0.1, -0.05) is 17.4 Å². The fourth-order valence-corrected chi connectivity index (χ4v) is 4.44. The molecule has 31 heavy (non-hydrogen) atoms. The molecule has 2 N–H and O–H groups in total. The summed E-state index contributed by atoms with van der Waals surface area (Å²) in [4.78, 5) is 22.1. The molecule has 3 rings (SSSR count). The van der Waals surface area contributed by atoms with Crippen molar-refractivity contribution < 1.29 is 22.9 Å². The molecule has 0 fully saturated rings. The van der Waals surface area contributed by atoms with E-state index in [9.17, 15) is 23.3 Å². The number of nitrogens with zero attached hydrogens (tertiary/aromatic N) is 3. The van der Waals surface area contributed by atoms with Gasteiger partial charge in [0.25, 0.3) is 21.6 Å². The highest BCUT2D eigenvalue weighted by Crippen LogP contribution is 2.22. The predicted molar refractivity (Wildman–Crippen MR) is 113 cm³/mol. The molecule has 13 heteroatoms. The van der Waals surface area contributed by atoms with Crippen LogP contribution in [-0.2, 0) is 16.4 Å². The first-order chi connectivity index (χ1) is 14.8. The van der Waals surface area contributed by atoms with Crippen LogP contribution in [0.2, 0.25) is 0 Å². The second kappa shape index (κ2) is 9.49. The second-order valence-electron chi connectivity index (χ2n) is 6.10. The molecule has 0 saturated heterocycles. The van der Waals surface area contributed by atoms with Crippen molar-refractivity contribution in [3.63, 3.8) is 0 Å². The summed E-state index contributed by atoms with van der Waals surface area (Å²) in [7, 11) is -2.45. The molecule has 2 aromatic carbocycles. The van der Waals surface area contributed by atoms with E-state index in [4.69, 9.17) is 4.74 Å². The number of benzene rings is 2. The molecule has 0 radical (unpaired) electrons. The van der Waals surface area contributed by atoms with E-state index in [1.807, 2.05) is 0 Å². The lowest BCUT2D eigenvalue weighted by Crippen LogP contribution is -2.25. The number of nitro groups is 1. The topological polar surface area (TPSA) is 153 Å². The molecule has 0 aliphatic heterocycles. The number of nitrogens with one attached hydrogen (secondary N) is 2. The van der Waals surface area contributed by atoms with Crippen molar-refractivity contribution in [2.45, 2.75) is 11.3 Å². The van der Waals surface area contributed by atoms with Crippen molar-refractivity contribution in [2.24, 2.45) is 0 Å².